The summed E-state index contributed by atoms with van der Waals surface area (Å²) in [6, 6.07) is 0. The zero-order valence-corrected chi connectivity index (χ0v) is 6.24. The van der Waals surface area contributed by atoms with Gasteiger partial charge in [0.1, 0.15) is 0 Å². The Labute approximate surface area is 58.7 Å². The maximum atomic E-state index is 5.36. The van der Waals surface area contributed by atoms with Crippen LogP contribution in [0, 0.1) is 0 Å². The van der Waals surface area contributed by atoms with Gasteiger partial charge in [0.2, 0.25) is 0 Å². The minimum Gasteiger partial charge on any atom is -0.325 e. The van der Waals surface area contributed by atoms with Gasteiger partial charge in [-0.2, -0.15) is 0 Å². The molecular weight excluding hydrogens is 132 g/mol. The third-order valence-electron chi connectivity index (χ3n) is 1.11. The SMILES string of the molecule is CCc1nc(CN)cs1. The molecule has 0 saturated heterocycles. The Morgan fingerprint density at radius 2 is 2.56 bits per heavy atom. The summed E-state index contributed by atoms with van der Waals surface area (Å²) in [6.07, 6.45) is 1.02. The van der Waals surface area contributed by atoms with E-state index < -0.39 is 0 Å². The molecule has 0 unspecified atom stereocenters. The van der Waals surface area contributed by atoms with Crippen molar-refractivity contribution in [2.75, 3.05) is 0 Å². The molecule has 0 aliphatic rings. The van der Waals surface area contributed by atoms with E-state index >= 15 is 0 Å². The highest BCUT2D eigenvalue weighted by Crippen LogP contribution is 2.08. The second kappa shape index (κ2) is 2.94. The highest BCUT2D eigenvalue weighted by molar-refractivity contribution is 7.09. The van der Waals surface area contributed by atoms with E-state index in [-0.39, 0.29) is 0 Å². The molecule has 0 spiro atoms. The summed E-state index contributed by atoms with van der Waals surface area (Å²) in [6.45, 7) is 2.66. The van der Waals surface area contributed by atoms with Gasteiger partial charge in [-0.1, -0.05) is 6.92 Å². The third-order valence-corrected chi connectivity index (χ3v) is 2.15. The van der Waals surface area contributed by atoms with Gasteiger partial charge in [0.25, 0.3) is 0 Å². The first kappa shape index (κ1) is 6.71. The Morgan fingerprint density at radius 1 is 1.78 bits per heavy atom. The molecule has 0 amide bonds. The zero-order valence-electron chi connectivity index (χ0n) is 5.42. The minimum atomic E-state index is 0.566. The molecule has 0 bridgehead atoms. The third kappa shape index (κ3) is 1.50. The van der Waals surface area contributed by atoms with Crippen LogP contribution in [-0.2, 0) is 13.0 Å². The fourth-order valence-corrected chi connectivity index (χ4v) is 1.36. The van der Waals surface area contributed by atoms with Crippen LogP contribution < -0.4 is 5.73 Å². The first-order valence-electron chi connectivity index (χ1n) is 3.00. The van der Waals surface area contributed by atoms with Gasteiger partial charge in [-0.05, 0) is 6.42 Å². The van der Waals surface area contributed by atoms with Crippen LogP contribution in [0.2, 0.25) is 0 Å². The summed E-state index contributed by atoms with van der Waals surface area (Å²) >= 11 is 1.68. The Morgan fingerprint density at radius 3 is 2.89 bits per heavy atom. The van der Waals surface area contributed by atoms with Gasteiger partial charge in [0.05, 0.1) is 10.7 Å². The topological polar surface area (TPSA) is 38.9 Å². The number of rotatable bonds is 2. The molecule has 2 nitrogen and oxygen atoms in total. The summed E-state index contributed by atoms with van der Waals surface area (Å²) in [5.41, 5.74) is 6.37. The average molecular weight is 142 g/mol. The van der Waals surface area contributed by atoms with Gasteiger partial charge in [0, 0.05) is 11.9 Å². The van der Waals surface area contributed by atoms with Crippen LogP contribution in [0.15, 0.2) is 5.38 Å². The van der Waals surface area contributed by atoms with Gasteiger partial charge in [-0.3, -0.25) is 0 Å². The molecule has 0 aliphatic heterocycles. The molecule has 50 valence electrons. The normalized spacial score (nSPS) is 10.0. The van der Waals surface area contributed by atoms with Gasteiger partial charge in [-0.15, -0.1) is 11.3 Å². The van der Waals surface area contributed by atoms with Crippen molar-refractivity contribution in [2.24, 2.45) is 5.73 Å². The Balaban J connectivity index is 2.74. The van der Waals surface area contributed by atoms with Crippen LogP contribution in [0.1, 0.15) is 17.6 Å². The van der Waals surface area contributed by atoms with Crippen LogP contribution >= 0.6 is 11.3 Å². The molecule has 0 aliphatic carbocycles. The van der Waals surface area contributed by atoms with E-state index in [1.54, 1.807) is 11.3 Å². The highest BCUT2D eigenvalue weighted by atomic mass is 32.1. The number of nitrogens with two attached hydrogens (primary N) is 1. The molecule has 9 heavy (non-hydrogen) atoms. The van der Waals surface area contributed by atoms with E-state index in [0.29, 0.717) is 6.54 Å². The fourth-order valence-electron chi connectivity index (χ4n) is 0.605. The molecule has 2 N–H and O–H groups in total. The van der Waals surface area contributed by atoms with Gasteiger partial charge < -0.3 is 5.73 Å². The van der Waals surface area contributed by atoms with Gasteiger partial charge >= 0.3 is 0 Å². The molecule has 1 aromatic rings. The highest BCUT2D eigenvalue weighted by Gasteiger charge is 1.95. The molecule has 0 saturated carbocycles. The monoisotopic (exact) mass is 142 g/mol. The summed E-state index contributed by atoms with van der Waals surface area (Å²) in [7, 11) is 0. The number of thiazole rings is 1. The second-order valence-electron chi connectivity index (χ2n) is 1.79. The molecule has 0 fully saturated rings. The predicted octanol–water partition coefficient (Wildman–Crippen LogP) is 1.16. The van der Waals surface area contributed by atoms with E-state index in [2.05, 4.69) is 11.9 Å². The summed E-state index contributed by atoms with van der Waals surface area (Å²) < 4.78 is 0. The van der Waals surface area contributed by atoms with Crippen LogP contribution in [0.5, 0.6) is 0 Å². The van der Waals surface area contributed by atoms with Crippen molar-refractivity contribution in [1.29, 1.82) is 0 Å². The Bertz CT molecular complexity index is 164. The van der Waals surface area contributed by atoms with E-state index in [4.69, 9.17) is 5.73 Å². The van der Waals surface area contributed by atoms with Crippen molar-refractivity contribution in [3.8, 4) is 0 Å². The summed E-state index contributed by atoms with van der Waals surface area (Å²) in [5.74, 6) is 0. The summed E-state index contributed by atoms with van der Waals surface area (Å²) in [5, 5.41) is 3.19. The summed E-state index contributed by atoms with van der Waals surface area (Å²) in [4.78, 5) is 4.24. The fraction of sp³-hybridized carbons (Fsp3) is 0.500. The first-order valence-corrected chi connectivity index (χ1v) is 3.88. The first-order chi connectivity index (χ1) is 4.36. The number of aromatic nitrogens is 1. The standard InChI is InChI=1S/C6H10N2S/c1-2-6-8-5(3-7)4-9-6/h4H,2-3,7H2,1H3. The number of aryl methyl sites for hydroxylation is 1. The lowest BCUT2D eigenvalue weighted by molar-refractivity contribution is 0.973. The number of hydrogen-bond donors (Lipinski definition) is 1. The molecule has 0 radical (unpaired) electrons. The zero-order chi connectivity index (χ0) is 6.69. The largest absolute Gasteiger partial charge is 0.325 e. The van der Waals surface area contributed by atoms with Crippen molar-refractivity contribution in [2.45, 2.75) is 19.9 Å². The molecule has 0 atom stereocenters. The van der Waals surface area contributed by atoms with Crippen LogP contribution in [-0.4, -0.2) is 4.98 Å². The number of hydrogen-bond acceptors (Lipinski definition) is 3. The molecule has 0 aromatic carbocycles. The molecule has 1 rings (SSSR count). The lowest BCUT2D eigenvalue weighted by Crippen LogP contribution is -1.95. The molecule has 1 aromatic heterocycles. The van der Waals surface area contributed by atoms with E-state index in [9.17, 15) is 0 Å². The Kier molecular flexibility index (Phi) is 2.19. The maximum absolute atomic E-state index is 5.36. The lowest BCUT2D eigenvalue weighted by Gasteiger charge is -1.83. The van der Waals surface area contributed by atoms with Gasteiger partial charge in [-0.25, -0.2) is 4.98 Å². The quantitative estimate of drug-likeness (QED) is 0.673. The van der Waals surface area contributed by atoms with E-state index in [0.717, 1.165) is 12.1 Å². The van der Waals surface area contributed by atoms with Crippen LogP contribution in [0.25, 0.3) is 0 Å². The van der Waals surface area contributed by atoms with Gasteiger partial charge in [0.15, 0.2) is 0 Å². The molecule has 1 heterocycles. The Hall–Kier alpha value is -0.410. The van der Waals surface area contributed by atoms with Crippen molar-refractivity contribution in [3.05, 3.63) is 16.1 Å². The van der Waals surface area contributed by atoms with Crippen molar-refractivity contribution >= 4 is 11.3 Å². The smallest absolute Gasteiger partial charge is 0.0926 e. The minimum absolute atomic E-state index is 0.566. The maximum Gasteiger partial charge on any atom is 0.0926 e. The average Bonchev–Trinajstić information content (AvgIpc) is 2.34. The van der Waals surface area contributed by atoms with Crippen LogP contribution in [0.4, 0.5) is 0 Å². The number of nitrogens with zero attached hydrogens (tertiary/aromatic N) is 1. The molecular formula is C6H10N2S. The van der Waals surface area contributed by atoms with Crippen molar-refractivity contribution in [3.63, 3.8) is 0 Å². The molecule has 3 heteroatoms. The lowest BCUT2D eigenvalue weighted by atomic mass is 10.5. The predicted molar refractivity (Wildman–Crippen MR) is 39.4 cm³/mol. The van der Waals surface area contributed by atoms with Crippen molar-refractivity contribution < 1.29 is 0 Å². The van der Waals surface area contributed by atoms with E-state index in [1.807, 2.05) is 5.38 Å². The van der Waals surface area contributed by atoms with E-state index in [1.165, 1.54) is 5.01 Å². The van der Waals surface area contributed by atoms with Crippen molar-refractivity contribution in [1.82, 2.24) is 4.98 Å². The second-order valence-corrected chi connectivity index (χ2v) is 2.73. The van der Waals surface area contributed by atoms with Crippen LogP contribution in [0.3, 0.4) is 0 Å².